The molecule has 0 aliphatic heterocycles. The third kappa shape index (κ3) is 2.64. The molecule has 1 fully saturated rings. The third-order valence-corrected chi connectivity index (χ3v) is 3.16. The number of nitro groups is 1. The SMILES string of the molecule is O=NC1(Oc2ccc([N+](=O)[O-])cc2)CCCCC1. The van der Waals surface area contributed by atoms with E-state index < -0.39 is 10.6 Å². The highest BCUT2D eigenvalue weighted by molar-refractivity contribution is 5.36. The molecule has 1 saturated carbocycles. The fraction of sp³-hybridized carbons (Fsp3) is 0.500. The van der Waals surface area contributed by atoms with Crippen molar-refractivity contribution in [3.05, 3.63) is 39.3 Å². The van der Waals surface area contributed by atoms with Crippen LogP contribution in [0.5, 0.6) is 5.75 Å². The summed E-state index contributed by atoms with van der Waals surface area (Å²) in [6.45, 7) is 0. The summed E-state index contributed by atoms with van der Waals surface area (Å²) < 4.78 is 5.63. The topological polar surface area (TPSA) is 81.8 Å². The Morgan fingerprint density at radius 3 is 2.28 bits per heavy atom. The number of nitro benzene ring substituents is 1. The van der Waals surface area contributed by atoms with Crippen molar-refractivity contribution >= 4 is 5.69 Å². The number of nitroso groups, excluding NO2 is 1. The van der Waals surface area contributed by atoms with Crippen molar-refractivity contribution in [2.75, 3.05) is 0 Å². The Hall–Kier alpha value is -1.98. The molecule has 0 saturated heterocycles. The van der Waals surface area contributed by atoms with Crippen LogP contribution in [0.2, 0.25) is 0 Å². The summed E-state index contributed by atoms with van der Waals surface area (Å²) >= 11 is 0. The second kappa shape index (κ2) is 5.12. The van der Waals surface area contributed by atoms with E-state index in [0.717, 1.165) is 19.3 Å². The molecule has 0 spiro atoms. The van der Waals surface area contributed by atoms with Crippen LogP contribution in [-0.2, 0) is 0 Å². The van der Waals surface area contributed by atoms with Crippen molar-refractivity contribution in [1.29, 1.82) is 0 Å². The highest BCUT2D eigenvalue weighted by Crippen LogP contribution is 2.34. The fourth-order valence-corrected chi connectivity index (χ4v) is 2.17. The van der Waals surface area contributed by atoms with E-state index in [-0.39, 0.29) is 5.69 Å². The van der Waals surface area contributed by atoms with Crippen LogP contribution >= 0.6 is 0 Å². The largest absolute Gasteiger partial charge is 0.463 e. The van der Waals surface area contributed by atoms with E-state index in [2.05, 4.69) is 5.18 Å². The van der Waals surface area contributed by atoms with Crippen molar-refractivity contribution in [1.82, 2.24) is 0 Å². The zero-order valence-corrected chi connectivity index (χ0v) is 9.87. The first-order valence-electron chi connectivity index (χ1n) is 5.93. The molecule has 18 heavy (non-hydrogen) atoms. The van der Waals surface area contributed by atoms with E-state index in [0.29, 0.717) is 18.6 Å². The quantitative estimate of drug-likeness (QED) is 0.466. The molecule has 6 nitrogen and oxygen atoms in total. The highest BCUT2D eigenvalue weighted by atomic mass is 16.6. The minimum Gasteiger partial charge on any atom is -0.463 e. The summed E-state index contributed by atoms with van der Waals surface area (Å²) in [5.41, 5.74) is -0.993. The van der Waals surface area contributed by atoms with Gasteiger partial charge < -0.3 is 4.74 Å². The third-order valence-electron chi connectivity index (χ3n) is 3.16. The molecule has 0 atom stereocenters. The fourth-order valence-electron chi connectivity index (χ4n) is 2.17. The number of hydrogen-bond donors (Lipinski definition) is 0. The highest BCUT2D eigenvalue weighted by Gasteiger charge is 2.35. The van der Waals surface area contributed by atoms with E-state index in [1.54, 1.807) is 0 Å². The smallest absolute Gasteiger partial charge is 0.269 e. The lowest BCUT2D eigenvalue weighted by Gasteiger charge is -2.30. The van der Waals surface area contributed by atoms with Gasteiger partial charge in [0.1, 0.15) is 5.75 Å². The average molecular weight is 250 g/mol. The van der Waals surface area contributed by atoms with Crippen molar-refractivity contribution < 1.29 is 9.66 Å². The lowest BCUT2D eigenvalue weighted by molar-refractivity contribution is -0.384. The number of benzene rings is 1. The monoisotopic (exact) mass is 250 g/mol. The number of non-ortho nitro benzene ring substituents is 1. The van der Waals surface area contributed by atoms with Gasteiger partial charge in [-0.1, -0.05) is 6.42 Å². The molecule has 0 bridgehead atoms. The Balaban J connectivity index is 2.11. The van der Waals surface area contributed by atoms with E-state index in [9.17, 15) is 15.0 Å². The van der Waals surface area contributed by atoms with Crippen LogP contribution in [0, 0.1) is 15.0 Å². The van der Waals surface area contributed by atoms with Crippen molar-refractivity contribution in [2.24, 2.45) is 5.18 Å². The van der Waals surface area contributed by atoms with Gasteiger partial charge in [0.05, 0.1) is 4.92 Å². The molecule has 96 valence electrons. The van der Waals surface area contributed by atoms with Gasteiger partial charge in [0.2, 0.25) is 5.72 Å². The maximum Gasteiger partial charge on any atom is 0.269 e. The molecule has 2 rings (SSSR count). The number of hydrogen-bond acceptors (Lipinski definition) is 5. The first-order chi connectivity index (χ1) is 8.65. The molecule has 0 aromatic heterocycles. The van der Waals surface area contributed by atoms with Crippen molar-refractivity contribution in [3.63, 3.8) is 0 Å². The van der Waals surface area contributed by atoms with Crippen LogP contribution in [0.4, 0.5) is 5.69 Å². The van der Waals surface area contributed by atoms with Crippen LogP contribution in [-0.4, -0.2) is 10.6 Å². The van der Waals surface area contributed by atoms with Gasteiger partial charge in [-0.3, -0.25) is 10.1 Å². The molecule has 1 aromatic carbocycles. The minimum absolute atomic E-state index is 0.000827. The molecule has 1 aromatic rings. The summed E-state index contributed by atoms with van der Waals surface area (Å²) in [6.07, 6.45) is 4.12. The van der Waals surface area contributed by atoms with Gasteiger partial charge in [0.25, 0.3) is 5.69 Å². The molecule has 0 radical (unpaired) electrons. The molecule has 6 heteroatoms. The van der Waals surface area contributed by atoms with Gasteiger partial charge in [0.15, 0.2) is 0 Å². The Morgan fingerprint density at radius 1 is 1.17 bits per heavy atom. The molecule has 1 aliphatic carbocycles. The molecule has 0 heterocycles. The van der Waals surface area contributed by atoms with Crippen LogP contribution in [0.25, 0.3) is 0 Å². The minimum atomic E-state index is -0.992. The van der Waals surface area contributed by atoms with E-state index in [4.69, 9.17) is 4.74 Å². The number of ether oxygens (including phenoxy) is 1. The standard InChI is InChI=1S/C12H14N2O4/c15-13-12(8-2-1-3-9-12)18-11-6-4-10(5-7-11)14(16)17/h4-7H,1-3,8-9H2. The van der Waals surface area contributed by atoms with Crippen LogP contribution in [0.3, 0.4) is 0 Å². The normalized spacial score (nSPS) is 18.0. The summed E-state index contributed by atoms with van der Waals surface area (Å²) in [6, 6.07) is 5.71. The molecular formula is C12H14N2O4. The van der Waals surface area contributed by atoms with Crippen LogP contribution in [0.1, 0.15) is 32.1 Å². The second-order valence-corrected chi connectivity index (χ2v) is 4.45. The second-order valence-electron chi connectivity index (χ2n) is 4.45. The summed E-state index contributed by atoms with van der Waals surface area (Å²) in [5.74, 6) is 0.446. The predicted octanol–water partition coefficient (Wildman–Crippen LogP) is 3.40. The number of nitrogens with zero attached hydrogens (tertiary/aromatic N) is 2. The maximum atomic E-state index is 11.0. The summed E-state index contributed by atoms with van der Waals surface area (Å²) in [4.78, 5) is 21.0. The lowest BCUT2D eigenvalue weighted by Crippen LogP contribution is -2.35. The zero-order chi connectivity index (χ0) is 13.0. The molecule has 0 N–H and O–H groups in total. The van der Waals surface area contributed by atoms with Gasteiger partial charge >= 0.3 is 0 Å². The van der Waals surface area contributed by atoms with Crippen molar-refractivity contribution in [2.45, 2.75) is 37.8 Å². The Morgan fingerprint density at radius 2 is 1.78 bits per heavy atom. The van der Waals surface area contributed by atoms with E-state index in [1.165, 1.54) is 24.3 Å². The zero-order valence-electron chi connectivity index (χ0n) is 9.87. The Labute approximate surface area is 104 Å². The summed E-state index contributed by atoms with van der Waals surface area (Å²) in [5, 5.41) is 13.6. The Bertz CT molecular complexity index is 438. The molecule has 0 unspecified atom stereocenters. The van der Waals surface area contributed by atoms with Crippen molar-refractivity contribution in [3.8, 4) is 5.75 Å². The van der Waals surface area contributed by atoms with Crippen LogP contribution < -0.4 is 4.74 Å². The maximum absolute atomic E-state index is 11.0. The summed E-state index contributed by atoms with van der Waals surface area (Å²) in [7, 11) is 0. The van der Waals surface area contributed by atoms with Gasteiger partial charge in [-0.2, -0.15) is 0 Å². The molecule has 1 aliphatic rings. The first-order valence-corrected chi connectivity index (χ1v) is 5.93. The van der Waals surface area contributed by atoms with E-state index >= 15 is 0 Å². The lowest BCUT2D eigenvalue weighted by atomic mass is 9.92. The number of rotatable bonds is 4. The Kier molecular flexibility index (Phi) is 3.55. The first kappa shape index (κ1) is 12.5. The van der Waals surface area contributed by atoms with Gasteiger partial charge in [0, 0.05) is 25.0 Å². The van der Waals surface area contributed by atoms with Gasteiger partial charge in [-0.25, -0.2) is 0 Å². The average Bonchev–Trinajstić information content (AvgIpc) is 2.40. The van der Waals surface area contributed by atoms with E-state index in [1.807, 2.05) is 0 Å². The van der Waals surface area contributed by atoms with Crippen LogP contribution in [0.15, 0.2) is 29.4 Å². The molecule has 0 amide bonds. The van der Waals surface area contributed by atoms with Gasteiger partial charge in [-0.15, -0.1) is 4.91 Å². The van der Waals surface area contributed by atoms with Gasteiger partial charge in [-0.05, 0) is 30.2 Å². The molecular weight excluding hydrogens is 236 g/mol. The predicted molar refractivity (Wildman–Crippen MR) is 65.3 cm³/mol.